The number of nitriles is 2. The van der Waals surface area contributed by atoms with Gasteiger partial charge in [-0.3, -0.25) is 0 Å². The molecule has 5 nitrogen and oxygen atoms in total. The first-order valence-corrected chi connectivity index (χ1v) is 4.53. The topological polar surface area (TPSA) is 85.9 Å². The van der Waals surface area contributed by atoms with Gasteiger partial charge in [0.15, 0.2) is 6.61 Å². The zero-order valence-electron chi connectivity index (χ0n) is 8.43. The third-order valence-corrected chi connectivity index (χ3v) is 1.77. The highest BCUT2D eigenvalue weighted by atomic mass is 16.5. The minimum atomic E-state index is -0.581. The van der Waals surface area contributed by atoms with E-state index < -0.39 is 5.97 Å². The Bertz CT molecular complexity index is 457. The second kappa shape index (κ2) is 6.05. The Labute approximate surface area is 92.9 Å². The number of carbonyl (C=O) groups is 1. The molecule has 1 N–H and O–H groups in total. The zero-order chi connectivity index (χ0) is 11.8. The van der Waals surface area contributed by atoms with Crippen molar-refractivity contribution in [1.82, 2.24) is 0 Å². The summed E-state index contributed by atoms with van der Waals surface area (Å²) in [5.41, 5.74) is 0.833. The molecule has 0 aliphatic heterocycles. The zero-order valence-corrected chi connectivity index (χ0v) is 8.43. The predicted molar refractivity (Wildman–Crippen MR) is 56.4 cm³/mol. The molecule has 0 amide bonds. The Balaban J connectivity index is 2.82. The standard InChI is InChI=1S/C11H9N3O2/c12-5-7-14-10-4-2-1-3-9(10)11(15)16-8-6-13/h1-4,14H,7-8H2. The van der Waals surface area contributed by atoms with Crippen LogP contribution in [0.25, 0.3) is 0 Å². The van der Waals surface area contributed by atoms with Crippen LogP contribution in [-0.4, -0.2) is 19.1 Å². The van der Waals surface area contributed by atoms with Crippen molar-refractivity contribution in [3.63, 3.8) is 0 Å². The maximum atomic E-state index is 11.5. The van der Waals surface area contributed by atoms with Gasteiger partial charge in [0.1, 0.15) is 12.6 Å². The fourth-order valence-electron chi connectivity index (χ4n) is 1.13. The first-order valence-electron chi connectivity index (χ1n) is 4.53. The van der Waals surface area contributed by atoms with Gasteiger partial charge < -0.3 is 10.1 Å². The first kappa shape index (κ1) is 11.5. The molecule has 0 heterocycles. The predicted octanol–water partition coefficient (Wildman–Crippen LogP) is 1.30. The lowest BCUT2D eigenvalue weighted by atomic mass is 10.2. The SMILES string of the molecule is N#CCNc1ccccc1C(=O)OCC#N. The number of anilines is 1. The number of benzene rings is 1. The first-order chi connectivity index (χ1) is 7.79. The van der Waals surface area contributed by atoms with Crippen molar-refractivity contribution in [2.75, 3.05) is 18.5 Å². The van der Waals surface area contributed by atoms with Crippen molar-refractivity contribution in [3.8, 4) is 12.1 Å². The number of rotatable bonds is 4. The number of ether oxygens (including phenoxy) is 1. The van der Waals surface area contributed by atoms with E-state index in [0.717, 1.165) is 0 Å². The molecule has 0 radical (unpaired) electrons. The molecule has 0 spiro atoms. The molecule has 5 heteroatoms. The summed E-state index contributed by atoms with van der Waals surface area (Å²) in [5, 5.41) is 19.5. The van der Waals surface area contributed by atoms with Crippen molar-refractivity contribution in [2.24, 2.45) is 0 Å². The number of hydrogen-bond acceptors (Lipinski definition) is 5. The summed E-state index contributed by atoms with van der Waals surface area (Å²) < 4.78 is 4.67. The highest BCUT2D eigenvalue weighted by molar-refractivity contribution is 5.95. The van der Waals surface area contributed by atoms with Gasteiger partial charge in [-0.2, -0.15) is 10.5 Å². The third-order valence-electron chi connectivity index (χ3n) is 1.77. The van der Waals surface area contributed by atoms with Crippen molar-refractivity contribution < 1.29 is 9.53 Å². The minimum Gasteiger partial charge on any atom is -0.447 e. The fourth-order valence-corrected chi connectivity index (χ4v) is 1.13. The molecule has 0 aliphatic rings. The molecule has 0 fully saturated rings. The van der Waals surface area contributed by atoms with Gasteiger partial charge >= 0.3 is 5.97 Å². The molecular weight excluding hydrogens is 206 g/mol. The largest absolute Gasteiger partial charge is 0.447 e. The smallest absolute Gasteiger partial charge is 0.341 e. The average Bonchev–Trinajstić information content (AvgIpc) is 2.33. The summed E-state index contributed by atoms with van der Waals surface area (Å²) in [4.78, 5) is 11.5. The van der Waals surface area contributed by atoms with E-state index in [9.17, 15) is 4.79 Å². The van der Waals surface area contributed by atoms with Gasteiger partial charge in [-0.15, -0.1) is 0 Å². The molecule has 80 valence electrons. The van der Waals surface area contributed by atoms with Crippen LogP contribution in [-0.2, 0) is 4.74 Å². The van der Waals surface area contributed by atoms with Crippen LogP contribution in [0.2, 0.25) is 0 Å². The second-order valence-electron chi connectivity index (χ2n) is 2.79. The number of nitrogens with one attached hydrogen (secondary N) is 1. The number of esters is 1. The second-order valence-corrected chi connectivity index (χ2v) is 2.79. The molecule has 0 bridgehead atoms. The summed E-state index contributed by atoms with van der Waals surface area (Å²) in [6.07, 6.45) is 0. The van der Waals surface area contributed by atoms with Crippen LogP contribution in [0.5, 0.6) is 0 Å². The fraction of sp³-hybridized carbons (Fsp3) is 0.182. The van der Waals surface area contributed by atoms with Gasteiger partial charge in [0.05, 0.1) is 11.6 Å². The van der Waals surface area contributed by atoms with Crippen molar-refractivity contribution in [1.29, 1.82) is 10.5 Å². The highest BCUT2D eigenvalue weighted by Crippen LogP contribution is 2.15. The van der Waals surface area contributed by atoms with Gasteiger partial charge in [-0.25, -0.2) is 4.79 Å². The lowest BCUT2D eigenvalue weighted by Crippen LogP contribution is -2.10. The van der Waals surface area contributed by atoms with E-state index in [1.165, 1.54) is 0 Å². The molecule has 1 aromatic rings. The number of carbonyl (C=O) groups excluding carboxylic acids is 1. The minimum absolute atomic E-state index is 0.0997. The van der Waals surface area contributed by atoms with Crippen LogP contribution in [0, 0.1) is 22.7 Å². The Morgan fingerprint density at radius 3 is 2.75 bits per heavy atom. The maximum absolute atomic E-state index is 11.5. The van der Waals surface area contributed by atoms with Crippen molar-refractivity contribution in [2.45, 2.75) is 0 Å². The normalized spacial score (nSPS) is 8.62. The molecule has 0 saturated carbocycles. The Morgan fingerprint density at radius 1 is 1.31 bits per heavy atom. The molecule has 0 unspecified atom stereocenters. The Hall–Kier alpha value is -2.53. The summed E-state index contributed by atoms with van der Waals surface area (Å²) in [5.74, 6) is -0.581. The number of hydrogen-bond donors (Lipinski definition) is 1. The van der Waals surface area contributed by atoms with Gasteiger partial charge in [-0.1, -0.05) is 12.1 Å². The van der Waals surface area contributed by atoms with Crippen LogP contribution in [0.15, 0.2) is 24.3 Å². The molecule has 0 saturated heterocycles. The van der Waals surface area contributed by atoms with Crippen LogP contribution >= 0.6 is 0 Å². The van der Waals surface area contributed by atoms with E-state index in [1.807, 2.05) is 6.07 Å². The van der Waals surface area contributed by atoms with Gasteiger partial charge in [0, 0.05) is 5.69 Å². The van der Waals surface area contributed by atoms with Crippen LogP contribution in [0.1, 0.15) is 10.4 Å². The monoisotopic (exact) mass is 215 g/mol. The number of nitrogens with zero attached hydrogens (tertiary/aromatic N) is 2. The average molecular weight is 215 g/mol. The quantitative estimate of drug-likeness (QED) is 0.604. The molecule has 0 aromatic heterocycles. The van der Waals surface area contributed by atoms with Gasteiger partial charge in [-0.05, 0) is 12.1 Å². The highest BCUT2D eigenvalue weighted by Gasteiger charge is 2.11. The van der Waals surface area contributed by atoms with E-state index in [2.05, 4.69) is 10.1 Å². The van der Waals surface area contributed by atoms with Crippen molar-refractivity contribution >= 4 is 11.7 Å². The Morgan fingerprint density at radius 2 is 2.06 bits per heavy atom. The maximum Gasteiger partial charge on any atom is 0.341 e. The van der Waals surface area contributed by atoms with Gasteiger partial charge in [0.25, 0.3) is 0 Å². The van der Waals surface area contributed by atoms with E-state index >= 15 is 0 Å². The molecule has 0 aliphatic carbocycles. The van der Waals surface area contributed by atoms with Gasteiger partial charge in [0.2, 0.25) is 0 Å². The summed E-state index contributed by atoms with van der Waals surface area (Å²) >= 11 is 0. The molecule has 1 rings (SSSR count). The molecular formula is C11H9N3O2. The summed E-state index contributed by atoms with van der Waals surface area (Å²) in [7, 11) is 0. The van der Waals surface area contributed by atoms with Crippen LogP contribution in [0.3, 0.4) is 0 Å². The van der Waals surface area contributed by atoms with E-state index in [4.69, 9.17) is 10.5 Å². The third kappa shape index (κ3) is 3.00. The van der Waals surface area contributed by atoms with E-state index in [0.29, 0.717) is 11.3 Å². The van der Waals surface area contributed by atoms with Crippen molar-refractivity contribution in [3.05, 3.63) is 29.8 Å². The van der Waals surface area contributed by atoms with Crippen LogP contribution < -0.4 is 5.32 Å². The lowest BCUT2D eigenvalue weighted by Gasteiger charge is -2.07. The van der Waals surface area contributed by atoms with E-state index in [-0.39, 0.29) is 13.2 Å². The molecule has 1 aromatic carbocycles. The Kier molecular flexibility index (Phi) is 4.36. The summed E-state index contributed by atoms with van der Waals surface area (Å²) in [6, 6.07) is 10.3. The molecule has 0 atom stereocenters. The lowest BCUT2D eigenvalue weighted by molar-refractivity contribution is 0.0556. The van der Waals surface area contributed by atoms with E-state index in [1.54, 1.807) is 30.3 Å². The van der Waals surface area contributed by atoms with Crippen LogP contribution in [0.4, 0.5) is 5.69 Å². The summed E-state index contributed by atoms with van der Waals surface area (Å²) in [6.45, 7) is -0.187. The molecule has 16 heavy (non-hydrogen) atoms. The number of para-hydroxylation sites is 1.